The van der Waals surface area contributed by atoms with E-state index in [1.54, 1.807) is 19.1 Å². The van der Waals surface area contributed by atoms with E-state index in [1.807, 2.05) is 18.2 Å². The van der Waals surface area contributed by atoms with Gasteiger partial charge in [0.15, 0.2) is 12.3 Å². The number of nitro benzene ring substituents is 1. The van der Waals surface area contributed by atoms with E-state index in [0.717, 1.165) is 0 Å². The van der Waals surface area contributed by atoms with Crippen LogP contribution in [0.15, 0.2) is 54.6 Å². The van der Waals surface area contributed by atoms with E-state index in [9.17, 15) is 19.7 Å². The average Bonchev–Trinajstić information content (AvgIpc) is 3.09. The van der Waals surface area contributed by atoms with Crippen LogP contribution in [0, 0.1) is 17.0 Å². The van der Waals surface area contributed by atoms with Crippen molar-refractivity contribution in [3.05, 3.63) is 76.1 Å². The molecular formula is C18H15N5O5. The summed E-state index contributed by atoms with van der Waals surface area (Å²) in [6.07, 6.45) is 0. The molecule has 10 heteroatoms. The second kappa shape index (κ2) is 8.08. The number of carbonyl (C=O) groups excluding carboxylic acids is 2. The van der Waals surface area contributed by atoms with Gasteiger partial charge in [0.1, 0.15) is 0 Å². The zero-order valence-electron chi connectivity index (χ0n) is 14.7. The zero-order valence-corrected chi connectivity index (χ0v) is 14.7. The Morgan fingerprint density at radius 3 is 2.43 bits per heavy atom. The lowest BCUT2D eigenvalue weighted by atomic mass is 10.3. The second-order valence-electron chi connectivity index (χ2n) is 5.69. The fourth-order valence-corrected chi connectivity index (χ4v) is 2.31. The van der Waals surface area contributed by atoms with E-state index in [2.05, 4.69) is 15.5 Å². The van der Waals surface area contributed by atoms with Crippen LogP contribution in [0.5, 0.6) is 0 Å². The van der Waals surface area contributed by atoms with Crippen molar-refractivity contribution in [2.24, 2.45) is 0 Å². The minimum Gasteiger partial charge on any atom is -0.451 e. The minimum absolute atomic E-state index is 0.00647. The molecule has 0 bridgehead atoms. The molecule has 1 amide bonds. The third-order valence-electron chi connectivity index (χ3n) is 3.66. The van der Waals surface area contributed by atoms with Gasteiger partial charge in [0.2, 0.25) is 0 Å². The van der Waals surface area contributed by atoms with Crippen LogP contribution in [0.2, 0.25) is 0 Å². The number of para-hydroxylation sites is 1. The Morgan fingerprint density at radius 1 is 1.11 bits per heavy atom. The largest absolute Gasteiger partial charge is 0.451 e. The first-order valence-corrected chi connectivity index (χ1v) is 8.15. The molecule has 0 spiro atoms. The number of non-ortho nitro benzene ring substituents is 1. The van der Waals surface area contributed by atoms with E-state index in [-0.39, 0.29) is 11.4 Å². The van der Waals surface area contributed by atoms with E-state index >= 15 is 0 Å². The predicted octanol–water partition coefficient (Wildman–Crippen LogP) is 2.28. The number of rotatable bonds is 6. The van der Waals surface area contributed by atoms with Crippen LogP contribution in [0.4, 0.5) is 11.4 Å². The Morgan fingerprint density at radius 2 is 1.79 bits per heavy atom. The van der Waals surface area contributed by atoms with Crippen molar-refractivity contribution in [3.63, 3.8) is 0 Å². The molecule has 0 unspecified atom stereocenters. The normalized spacial score (nSPS) is 10.3. The first-order chi connectivity index (χ1) is 13.4. The molecule has 0 radical (unpaired) electrons. The first kappa shape index (κ1) is 18.7. The number of aryl methyl sites for hydroxylation is 1. The molecule has 1 heterocycles. The van der Waals surface area contributed by atoms with E-state index in [4.69, 9.17) is 4.74 Å². The predicted molar refractivity (Wildman–Crippen MR) is 98.1 cm³/mol. The molecule has 28 heavy (non-hydrogen) atoms. The fraction of sp³-hybridized carbons (Fsp3) is 0.111. The molecule has 142 valence electrons. The number of amides is 1. The van der Waals surface area contributed by atoms with Gasteiger partial charge in [0.05, 0.1) is 16.3 Å². The number of nitrogens with one attached hydrogen (secondary N) is 1. The van der Waals surface area contributed by atoms with E-state index in [1.165, 1.54) is 29.1 Å². The van der Waals surface area contributed by atoms with Crippen LogP contribution in [0.3, 0.4) is 0 Å². The van der Waals surface area contributed by atoms with Gasteiger partial charge >= 0.3 is 5.97 Å². The van der Waals surface area contributed by atoms with Gasteiger partial charge in [-0.2, -0.15) is 9.90 Å². The van der Waals surface area contributed by atoms with Gasteiger partial charge in [0, 0.05) is 17.8 Å². The summed E-state index contributed by atoms with van der Waals surface area (Å²) in [6, 6.07) is 14.3. The quantitative estimate of drug-likeness (QED) is 0.394. The summed E-state index contributed by atoms with van der Waals surface area (Å²) in [6.45, 7) is 1.08. The topological polar surface area (TPSA) is 129 Å². The van der Waals surface area contributed by atoms with Gasteiger partial charge in [0.25, 0.3) is 11.6 Å². The van der Waals surface area contributed by atoms with Gasteiger partial charge in [-0.05, 0) is 31.2 Å². The summed E-state index contributed by atoms with van der Waals surface area (Å²) in [5.74, 6) is -1.37. The number of ether oxygens (including phenoxy) is 1. The lowest BCUT2D eigenvalue weighted by molar-refractivity contribution is -0.384. The van der Waals surface area contributed by atoms with Gasteiger partial charge < -0.3 is 10.1 Å². The molecular weight excluding hydrogens is 366 g/mol. The Labute approximate surface area is 158 Å². The highest BCUT2D eigenvalue weighted by Crippen LogP contribution is 2.15. The number of nitrogens with zero attached hydrogens (tertiary/aromatic N) is 4. The molecule has 0 aliphatic heterocycles. The summed E-state index contributed by atoms with van der Waals surface area (Å²) in [5, 5.41) is 21.4. The average molecular weight is 381 g/mol. The summed E-state index contributed by atoms with van der Waals surface area (Å²) in [7, 11) is 0. The fourth-order valence-electron chi connectivity index (χ4n) is 2.31. The number of aromatic nitrogens is 3. The highest BCUT2D eigenvalue weighted by molar-refractivity contribution is 5.95. The van der Waals surface area contributed by atoms with Crippen molar-refractivity contribution < 1.29 is 19.2 Å². The lowest BCUT2D eigenvalue weighted by Gasteiger charge is -2.05. The SMILES string of the molecule is Cc1nn(-c2ccccc2)nc1C(=O)OCC(=O)Nc1ccc([N+](=O)[O-])cc1. The van der Waals surface area contributed by atoms with Crippen molar-refractivity contribution >= 4 is 23.3 Å². The number of benzene rings is 2. The van der Waals surface area contributed by atoms with Gasteiger partial charge in [-0.3, -0.25) is 14.9 Å². The maximum absolute atomic E-state index is 12.2. The molecule has 2 aromatic carbocycles. The van der Waals surface area contributed by atoms with Crippen molar-refractivity contribution in [2.45, 2.75) is 6.92 Å². The van der Waals surface area contributed by atoms with E-state index in [0.29, 0.717) is 17.1 Å². The monoisotopic (exact) mass is 381 g/mol. The Bertz CT molecular complexity index is 1010. The number of carbonyl (C=O) groups is 2. The number of nitro groups is 1. The zero-order chi connectivity index (χ0) is 20.1. The highest BCUT2D eigenvalue weighted by Gasteiger charge is 2.19. The molecule has 0 saturated heterocycles. The van der Waals surface area contributed by atoms with Crippen LogP contribution in [-0.2, 0) is 9.53 Å². The lowest BCUT2D eigenvalue weighted by Crippen LogP contribution is -2.21. The van der Waals surface area contributed by atoms with Crippen molar-refractivity contribution in [1.82, 2.24) is 15.0 Å². The third-order valence-corrected chi connectivity index (χ3v) is 3.66. The highest BCUT2D eigenvalue weighted by atomic mass is 16.6. The van der Waals surface area contributed by atoms with Gasteiger partial charge in [-0.25, -0.2) is 4.79 Å². The van der Waals surface area contributed by atoms with Crippen LogP contribution in [0.25, 0.3) is 5.69 Å². The maximum atomic E-state index is 12.2. The molecule has 0 aliphatic rings. The molecule has 3 rings (SSSR count). The standard InChI is InChI=1S/C18H15N5O5/c1-12-17(21-22(20-12)14-5-3-2-4-6-14)18(25)28-11-16(24)19-13-7-9-15(10-8-13)23(26)27/h2-10H,11H2,1H3,(H,19,24). The Balaban J connectivity index is 1.58. The summed E-state index contributed by atoms with van der Waals surface area (Å²) in [4.78, 5) is 35.5. The summed E-state index contributed by atoms with van der Waals surface area (Å²) in [5.41, 5.74) is 1.30. The van der Waals surface area contributed by atoms with Gasteiger partial charge in [-0.1, -0.05) is 18.2 Å². The smallest absolute Gasteiger partial charge is 0.361 e. The minimum atomic E-state index is -0.779. The number of hydrogen-bond acceptors (Lipinski definition) is 7. The number of hydrogen-bond donors (Lipinski definition) is 1. The Kier molecular flexibility index (Phi) is 5.40. The third kappa shape index (κ3) is 4.36. The van der Waals surface area contributed by atoms with Crippen molar-refractivity contribution in [1.29, 1.82) is 0 Å². The second-order valence-corrected chi connectivity index (χ2v) is 5.69. The molecule has 0 aliphatic carbocycles. The number of anilines is 1. The first-order valence-electron chi connectivity index (χ1n) is 8.15. The maximum Gasteiger partial charge on any atom is 0.361 e. The molecule has 0 atom stereocenters. The van der Waals surface area contributed by atoms with Crippen LogP contribution in [0.1, 0.15) is 16.2 Å². The molecule has 1 aromatic heterocycles. The molecule has 10 nitrogen and oxygen atoms in total. The molecule has 1 N–H and O–H groups in total. The van der Waals surface area contributed by atoms with Crippen molar-refractivity contribution in [2.75, 3.05) is 11.9 Å². The van der Waals surface area contributed by atoms with Crippen LogP contribution >= 0.6 is 0 Å². The van der Waals surface area contributed by atoms with Crippen LogP contribution < -0.4 is 5.32 Å². The van der Waals surface area contributed by atoms with Gasteiger partial charge in [-0.15, -0.1) is 5.10 Å². The van der Waals surface area contributed by atoms with Crippen molar-refractivity contribution in [3.8, 4) is 5.69 Å². The van der Waals surface area contributed by atoms with E-state index < -0.39 is 23.4 Å². The Hall–Kier alpha value is -4.08. The molecule has 0 fully saturated rings. The summed E-state index contributed by atoms with van der Waals surface area (Å²) >= 11 is 0. The summed E-state index contributed by atoms with van der Waals surface area (Å²) < 4.78 is 4.98. The number of esters is 1. The van der Waals surface area contributed by atoms with Crippen LogP contribution in [-0.4, -0.2) is 38.4 Å². The molecule has 3 aromatic rings. The molecule has 0 saturated carbocycles.